The Kier molecular flexibility index (Phi) is 10.7. The van der Waals surface area contributed by atoms with E-state index in [0.717, 1.165) is 36.8 Å². The van der Waals surface area contributed by atoms with Crippen LogP contribution in [-0.4, -0.2) is 92.6 Å². The van der Waals surface area contributed by atoms with Crippen molar-refractivity contribution in [1.82, 2.24) is 40.4 Å². The van der Waals surface area contributed by atoms with Gasteiger partial charge in [0.2, 0.25) is 11.8 Å². The predicted octanol–water partition coefficient (Wildman–Crippen LogP) is 8.22. The molecule has 63 heavy (non-hydrogen) atoms. The number of H-pyrrole nitrogens is 2. The van der Waals surface area contributed by atoms with Crippen LogP contribution in [0, 0.1) is 17.8 Å². The maximum absolute atomic E-state index is 16.6. The molecule has 2 bridgehead atoms. The third-order valence-corrected chi connectivity index (χ3v) is 13.5. The number of ether oxygens (including phenoxy) is 2. The van der Waals surface area contributed by atoms with Gasteiger partial charge in [0.1, 0.15) is 23.7 Å². The van der Waals surface area contributed by atoms with Gasteiger partial charge in [0, 0.05) is 29.3 Å². The van der Waals surface area contributed by atoms with Crippen molar-refractivity contribution >= 4 is 35.0 Å². The summed E-state index contributed by atoms with van der Waals surface area (Å²) in [6.07, 6.45) is 4.39. The molecule has 2 saturated heterocycles. The number of hydrogen-bond donors (Lipinski definition) is 4. The number of nitrogens with zero attached hydrogens (tertiary/aromatic N) is 4. The summed E-state index contributed by atoms with van der Waals surface area (Å²) in [6.45, 7) is 7.98. The van der Waals surface area contributed by atoms with E-state index in [1.807, 2.05) is 56.9 Å². The molecule has 2 aromatic heterocycles. The quantitative estimate of drug-likeness (QED) is 0.109. The van der Waals surface area contributed by atoms with Gasteiger partial charge >= 0.3 is 12.2 Å². The van der Waals surface area contributed by atoms with Gasteiger partial charge in [0.05, 0.1) is 49.2 Å². The fourth-order valence-electron chi connectivity index (χ4n) is 10.3. The van der Waals surface area contributed by atoms with Crippen molar-refractivity contribution in [1.29, 1.82) is 0 Å². The van der Waals surface area contributed by atoms with E-state index < -0.39 is 30.2 Å². The topological polar surface area (TPSA) is 175 Å². The van der Waals surface area contributed by atoms with Gasteiger partial charge in [-0.3, -0.25) is 9.59 Å². The molecule has 3 aromatic carbocycles. The third-order valence-electron chi connectivity index (χ3n) is 13.5. The molecule has 4 amide bonds. The number of aromatic nitrogens is 4. The van der Waals surface area contributed by atoms with Gasteiger partial charge in [-0.05, 0) is 96.4 Å². The average molecular weight is 863 g/mol. The van der Waals surface area contributed by atoms with Gasteiger partial charge in [-0.15, -0.1) is 0 Å². The van der Waals surface area contributed by atoms with Crippen LogP contribution >= 0.6 is 0 Å². The van der Waals surface area contributed by atoms with Crippen LogP contribution in [0.1, 0.15) is 94.7 Å². The summed E-state index contributed by atoms with van der Waals surface area (Å²) in [4.78, 5) is 71.8. The molecule has 4 aliphatic rings. The number of amides is 4. The monoisotopic (exact) mass is 862 g/mol. The Labute approximate surface area is 363 Å². The van der Waals surface area contributed by atoms with E-state index in [0.29, 0.717) is 58.1 Å². The molecule has 6 atom stereocenters. The molecule has 2 aliphatic carbocycles. The number of nitrogens with one attached hydrogen (secondary N) is 4. The fraction of sp³-hybridized carbons (Fsp3) is 0.447. The number of likely N-dealkylation sites (tertiary alicyclic amines) is 2. The van der Waals surface area contributed by atoms with E-state index in [4.69, 9.17) is 14.5 Å². The van der Waals surface area contributed by atoms with E-state index in [1.54, 1.807) is 35.4 Å². The molecule has 4 N–H and O–H groups in total. The van der Waals surface area contributed by atoms with Crippen molar-refractivity contribution in [3.63, 3.8) is 0 Å². The van der Waals surface area contributed by atoms with Crippen molar-refractivity contribution in [3.05, 3.63) is 83.6 Å². The Morgan fingerprint density at radius 1 is 0.778 bits per heavy atom. The first-order valence-electron chi connectivity index (χ1n) is 21.7. The number of carbonyl (C=O) groups is 4. The average Bonchev–Trinajstić information content (AvgIpc) is 4.15. The van der Waals surface area contributed by atoms with Crippen molar-refractivity contribution in [3.8, 4) is 33.5 Å². The minimum Gasteiger partial charge on any atom is -0.453 e. The maximum atomic E-state index is 16.6. The van der Waals surface area contributed by atoms with Crippen molar-refractivity contribution in [2.24, 2.45) is 17.8 Å². The highest BCUT2D eigenvalue weighted by molar-refractivity contribution is 5.89. The zero-order valence-electron chi connectivity index (χ0n) is 36.1. The third kappa shape index (κ3) is 7.26. The van der Waals surface area contributed by atoms with E-state index in [1.165, 1.54) is 20.3 Å². The lowest BCUT2D eigenvalue weighted by Crippen LogP contribution is -2.54. The van der Waals surface area contributed by atoms with E-state index >= 15 is 8.78 Å². The largest absolute Gasteiger partial charge is 0.453 e. The molecule has 14 nitrogen and oxygen atoms in total. The van der Waals surface area contributed by atoms with Crippen LogP contribution < -0.4 is 10.6 Å². The first-order chi connectivity index (χ1) is 30.2. The second kappa shape index (κ2) is 16.1. The van der Waals surface area contributed by atoms with E-state index in [2.05, 4.69) is 25.6 Å². The number of carbonyl (C=O) groups excluding carboxylic acids is 4. The summed E-state index contributed by atoms with van der Waals surface area (Å²) in [5.74, 6) is -2.59. The fourth-order valence-corrected chi connectivity index (χ4v) is 10.3. The minimum atomic E-state index is -3.29. The van der Waals surface area contributed by atoms with Crippen LogP contribution in [-0.2, 0) is 25.0 Å². The molecule has 9 rings (SSSR count). The second-order valence-electron chi connectivity index (χ2n) is 18.0. The molecule has 0 spiro atoms. The number of fused-ring (bicyclic) bond motifs is 6. The predicted molar refractivity (Wildman–Crippen MR) is 230 cm³/mol. The number of piperidine rings is 1. The lowest BCUT2D eigenvalue weighted by molar-refractivity contribution is -0.139. The summed E-state index contributed by atoms with van der Waals surface area (Å²) in [6, 6.07) is 13.7. The van der Waals surface area contributed by atoms with Crippen LogP contribution in [0.2, 0.25) is 0 Å². The van der Waals surface area contributed by atoms with Crippen LogP contribution in [0.3, 0.4) is 0 Å². The number of imidazole rings is 2. The Balaban J connectivity index is 0.952. The number of alkyl halides is 2. The molecule has 6 unspecified atom stereocenters. The molecule has 5 aromatic rings. The van der Waals surface area contributed by atoms with E-state index in [-0.39, 0.29) is 58.8 Å². The van der Waals surface area contributed by atoms with Crippen molar-refractivity contribution < 1.29 is 37.4 Å². The maximum Gasteiger partial charge on any atom is 0.407 e. The second-order valence-corrected chi connectivity index (χ2v) is 18.0. The van der Waals surface area contributed by atoms with Crippen molar-refractivity contribution in [2.45, 2.75) is 95.9 Å². The highest BCUT2D eigenvalue weighted by atomic mass is 19.3. The number of aromatic amines is 2. The van der Waals surface area contributed by atoms with Crippen LogP contribution in [0.15, 0.2) is 60.8 Å². The molecule has 16 heteroatoms. The first kappa shape index (κ1) is 42.0. The van der Waals surface area contributed by atoms with Gasteiger partial charge in [-0.25, -0.2) is 19.6 Å². The van der Waals surface area contributed by atoms with Crippen LogP contribution in [0.4, 0.5) is 18.4 Å². The van der Waals surface area contributed by atoms with Gasteiger partial charge in [0.15, 0.2) is 0 Å². The number of alkyl carbamates (subject to hydrolysis) is 2. The Bertz CT molecular complexity index is 2620. The standard InChI is InChI=1S/C47H52F2N8O6/c1-23(2)38(54-45(60)62-5)43(58)56-17-7-8-37(56)41-50-22-36(53-41)27-11-15-31-30-14-10-25(19-32(30)47(48,49)33(31)20-27)26-12-16-34-35(21-26)52-42(51-34)40-28-9-13-29(18-28)57(40)44(59)39(24(3)4)55-46(61)63-6/h10-12,14-16,19-24,28-29,37-40H,7-9,13,17-18H2,1-6H3,(H,50,53)(H,51,52)(H,54,60)(H,55,61). The summed E-state index contributed by atoms with van der Waals surface area (Å²) in [5.41, 5.74) is 4.62. The number of halogens is 2. The Hall–Kier alpha value is -6.32. The molecule has 0 radical (unpaired) electrons. The lowest BCUT2D eigenvalue weighted by Gasteiger charge is -2.37. The van der Waals surface area contributed by atoms with Crippen molar-refractivity contribution in [2.75, 3.05) is 20.8 Å². The zero-order valence-corrected chi connectivity index (χ0v) is 36.1. The van der Waals surface area contributed by atoms with Gasteiger partial charge in [-0.2, -0.15) is 8.78 Å². The number of methoxy groups -OCH3 is 2. The number of rotatable bonds is 10. The molecule has 330 valence electrons. The highest BCUT2D eigenvalue weighted by Crippen LogP contribution is 2.53. The lowest BCUT2D eigenvalue weighted by atomic mass is 9.95. The zero-order chi connectivity index (χ0) is 44.5. The molecule has 4 heterocycles. The SMILES string of the molecule is COC(=O)NC(C(=O)N1CCCC1c1ncc(-c2ccc3c(c2)C(F)(F)c2cc(-c4ccc5nc(C6C7CCC(C7)N6C(=O)C(NC(=O)OC)C(C)C)[nH]c5c4)ccc2-3)[nH]1)C(C)C. The number of benzene rings is 3. The molecular weight excluding hydrogens is 811 g/mol. The van der Waals surface area contributed by atoms with Crippen LogP contribution in [0.5, 0.6) is 0 Å². The van der Waals surface area contributed by atoms with Crippen LogP contribution in [0.25, 0.3) is 44.5 Å². The normalized spacial score (nSPS) is 21.7. The first-order valence-corrected chi connectivity index (χ1v) is 21.7. The van der Waals surface area contributed by atoms with Gasteiger partial charge < -0.3 is 39.9 Å². The summed E-state index contributed by atoms with van der Waals surface area (Å²) < 4.78 is 42.7. The molecule has 2 aliphatic heterocycles. The molecular formula is C47H52F2N8O6. The summed E-state index contributed by atoms with van der Waals surface area (Å²) >= 11 is 0. The molecule has 3 fully saturated rings. The van der Waals surface area contributed by atoms with Gasteiger partial charge in [0.25, 0.3) is 5.92 Å². The van der Waals surface area contributed by atoms with E-state index in [9.17, 15) is 19.2 Å². The molecule has 1 saturated carbocycles. The Morgan fingerprint density at radius 3 is 2.06 bits per heavy atom. The summed E-state index contributed by atoms with van der Waals surface area (Å²) in [5, 5.41) is 5.38. The smallest absolute Gasteiger partial charge is 0.407 e. The van der Waals surface area contributed by atoms with Gasteiger partial charge in [-0.1, -0.05) is 58.0 Å². The number of hydrogen-bond acceptors (Lipinski definition) is 8. The minimum absolute atomic E-state index is 0.0456. The highest BCUT2D eigenvalue weighted by Gasteiger charge is 2.52. The Morgan fingerprint density at radius 2 is 1.40 bits per heavy atom. The summed E-state index contributed by atoms with van der Waals surface area (Å²) in [7, 11) is 2.53.